The Morgan fingerprint density at radius 3 is 2.50 bits per heavy atom. The predicted molar refractivity (Wildman–Crippen MR) is 150 cm³/mol. The van der Waals surface area contributed by atoms with Crippen molar-refractivity contribution < 1.29 is 23.8 Å². The van der Waals surface area contributed by atoms with Crippen LogP contribution in [-0.2, 0) is 16.1 Å². The van der Waals surface area contributed by atoms with Crippen molar-refractivity contribution in [2.45, 2.75) is 26.3 Å². The Hall–Kier alpha value is -3.24. The lowest BCUT2D eigenvalue weighted by molar-refractivity contribution is -0.133. The number of hydrogen-bond acceptors (Lipinski definition) is 8. The van der Waals surface area contributed by atoms with E-state index in [4.69, 9.17) is 19.3 Å². The third-order valence-electron chi connectivity index (χ3n) is 6.77. The lowest BCUT2D eigenvalue weighted by Crippen LogP contribution is -2.36. The Morgan fingerprint density at radius 2 is 1.82 bits per heavy atom. The van der Waals surface area contributed by atoms with Gasteiger partial charge < -0.3 is 14.2 Å². The first kappa shape index (κ1) is 27.8. The maximum Gasteiger partial charge on any atom is 0.411 e. The minimum atomic E-state index is -0.467. The second kappa shape index (κ2) is 13.5. The van der Waals surface area contributed by atoms with Crippen LogP contribution in [0.25, 0.3) is 0 Å². The Kier molecular flexibility index (Phi) is 9.89. The number of thioether (sulfide) groups is 1. The number of carbonyl (C=O) groups is 2. The Bertz CT molecular complexity index is 1130. The van der Waals surface area contributed by atoms with E-state index in [0.717, 1.165) is 54.4 Å². The number of nitrogens with zero attached hydrogens (tertiary/aromatic N) is 3. The van der Waals surface area contributed by atoms with E-state index in [9.17, 15) is 9.59 Å². The average Bonchev–Trinajstić information content (AvgIpc) is 2.95. The van der Waals surface area contributed by atoms with Gasteiger partial charge in [0.15, 0.2) is 11.5 Å². The largest absolute Gasteiger partial charge is 0.493 e. The van der Waals surface area contributed by atoms with E-state index in [0.29, 0.717) is 36.8 Å². The predicted octanol–water partition coefficient (Wildman–Crippen LogP) is 4.46. The lowest BCUT2D eigenvalue weighted by Gasteiger charge is -2.29. The van der Waals surface area contributed by atoms with E-state index in [2.05, 4.69) is 17.1 Å². The SMILES string of the molecule is CCC1CC(=O)N(Cc2ccc(NC(=O)OCCN3CCSCC3)cc2)N=C1c1ccc(OC)c(OC)c1. The molecule has 2 heterocycles. The first-order chi connectivity index (χ1) is 18.5. The van der Waals surface area contributed by atoms with E-state index in [-0.39, 0.29) is 11.8 Å². The molecule has 38 heavy (non-hydrogen) atoms. The van der Waals surface area contributed by atoms with E-state index >= 15 is 0 Å². The number of benzene rings is 2. The highest BCUT2D eigenvalue weighted by Gasteiger charge is 2.29. The molecule has 204 valence electrons. The topological polar surface area (TPSA) is 92.7 Å². The maximum absolute atomic E-state index is 12.9. The number of hydrogen-bond donors (Lipinski definition) is 1. The molecule has 0 bridgehead atoms. The number of ether oxygens (including phenoxy) is 3. The van der Waals surface area contributed by atoms with Crippen molar-refractivity contribution in [3.05, 3.63) is 53.6 Å². The zero-order valence-electron chi connectivity index (χ0n) is 22.3. The van der Waals surface area contributed by atoms with Gasteiger partial charge in [-0.25, -0.2) is 9.80 Å². The van der Waals surface area contributed by atoms with Gasteiger partial charge in [-0.05, 0) is 42.3 Å². The van der Waals surface area contributed by atoms with Gasteiger partial charge in [-0.2, -0.15) is 16.9 Å². The Labute approximate surface area is 228 Å². The molecule has 1 fully saturated rings. The fourth-order valence-electron chi connectivity index (χ4n) is 4.54. The number of nitrogens with one attached hydrogen (secondary N) is 1. The number of rotatable bonds is 10. The molecule has 2 aliphatic heterocycles. The van der Waals surface area contributed by atoms with Crippen LogP contribution in [0.1, 0.15) is 30.9 Å². The van der Waals surface area contributed by atoms with Gasteiger partial charge in [0, 0.05) is 54.7 Å². The molecule has 0 radical (unpaired) electrons. The third kappa shape index (κ3) is 7.20. The van der Waals surface area contributed by atoms with Crippen molar-refractivity contribution in [1.82, 2.24) is 9.91 Å². The van der Waals surface area contributed by atoms with Crippen molar-refractivity contribution >= 4 is 35.2 Å². The second-order valence-corrected chi connectivity index (χ2v) is 10.5. The zero-order chi connectivity index (χ0) is 26.9. The van der Waals surface area contributed by atoms with Crippen molar-refractivity contribution in [3.63, 3.8) is 0 Å². The van der Waals surface area contributed by atoms with Crippen molar-refractivity contribution in [1.29, 1.82) is 0 Å². The van der Waals surface area contributed by atoms with E-state index < -0.39 is 6.09 Å². The first-order valence-corrected chi connectivity index (χ1v) is 14.1. The van der Waals surface area contributed by atoms with Crippen molar-refractivity contribution in [2.24, 2.45) is 11.0 Å². The van der Waals surface area contributed by atoms with Gasteiger partial charge in [0.25, 0.3) is 0 Å². The summed E-state index contributed by atoms with van der Waals surface area (Å²) in [5, 5.41) is 9.05. The molecule has 1 atom stereocenters. The summed E-state index contributed by atoms with van der Waals surface area (Å²) in [5.41, 5.74) is 3.31. The van der Waals surface area contributed by atoms with Crippen LogP contribution in [0.4, 0.5) is 10.5 Å². The molecule has 4 rings (SSSR count). The molecule has 1 unspecified atom stereocenters. The molecule has 0 spiro atoms. The van der Waals surface area contributed by atoms with Crippen molar-refractivity contribution in [2.75, 3.05) is 57.3 Å². The maximum atomic E-state index is 12.9. The normalized spacial score (nSPS) is 18.1. The molecular formula is C28H36N4O5S. The standard InChI is InChI=1S/C28H36N4O5S/c1-4-21-18-26(33)32(30-27(21)22-7-10-24(35-2)25(17-22)36-3)19-20-5-8-23(9-6-20)29-28(34)37-14-11-31-12-15-38-16-13-31/h5-10,17,21H,4,11-16,18-19H2,1-3H3,(H,29,34). The molecule has 10 heteroatoms. The highest BCUT2D eigenvalue weighted by atomic mass is 32.2. The van der Waals surface area contributed by atoms with Crippen LogP contribution in [-0.4, -0.2) is 79.6 Å². The Balaban J connectivity index is 1.37. The summed E-state index contributed by atoms with van der Waals surface area (Å²) in [7, 11) is 3.20. The molecule has 1 saturated heterocycles. The monoisotopic (exact) mass is 540 g/mol. The molecule has 0 aliphatic carbocycles. The summed E-state index contributed by atoms with van der Waals surface area (Å²) in [4.78, 5) is 27.4. The molecule has 1 N–H and O–H groups in total. The van der Waals surface area contributed by atoms with Crippen LogP contribution in [0.15, 0.2) is 47.6 Å². The molecule has 0 aromatic heterocycles. The van der Waals surface area contributed by atoms with Crippen LogP contribution < -0.4 is 14.8 Å². The molecule has 2 aliphatic rings. The molecule has 9 nitrogen and oxygen atoms in total. The van der Waals surface area contributed by atoms with Crippen molar-refractivity contribution in [3.8, 4) is 11.5 Å². The van der Waals surface area contributed by atoms with Crippen LogP contribution in [0.3, 0.4) is 0 Å². The molecule has 2 amide bonds. The molecule has 2 aromatic rings. The van der Waals surface area contributed by atoms with Gasteiger partial charge in [0.2, 0.25) is 5.91 Å². The fourth-order valence-corrected chi connectivity index (χ4v) is 5.52. The van der Waals surface area contributed by atoms with Gasteiger partial charge in [-0.1, -0.05) is 19.1 Å². The van der Waals surface area contributed by atoms with Gasteiger partial charge >= 0.3 is 6.09 Å². The second-order valence-electron chi connectivity index (χ2n) is 9.23. The van der Waals surface area contributed by atoms with Gasteiger partial charge in [0.05, 0.1) is 26.5 Å². The summed E-state index contributed by atoms with van der Waals surface area (Å²) >= 11 is 1.96. The smallest absolute Gasteiger partial charge is 0.411 e. The number of hydrazone groups is 1. The first-order valence-electron chi connectivity index (χ1n) is 12.9. The van der Waals surface area contributed by atoms with Crippen LogP contribution in [0, 0.1) is 5.92 Å². The minimum Gasteiger partial charge on any atom is -0.493 e. The van der Waals surface area contributed by atoms with Crippen LogP contribution in [0.5, 0.6) is 11.5 Å². The summed E-state index contributed by atoms with van der Waals surface area (Å²) in [6.07, 6.45) is 0.733. The van der Waals surface area contributed by atoms with Crippen LogP contribution >= 0.6 is 11.8 Å². The summed E-state index contributed by atoms with van der Waals surface area (Å²) in [6, 6.07) is 13.1. The Morgan fingerprint density at radius 1 is 1.08 bits per heavy atom. The molecule has 0 saturated carbocycles. The molecular weight excluding hydrogens is 504 g/mol. The quantitative estimate of drug-likeness (QED) is 0.476. The average molecular weight is 541 g/mol. The third-order valence-corrected chi connectivity index (χ3v) is 7.72. The van der Waals surface area contributed by atoms with E-state index in [1.54, 1.807) is 26.4 Å². The molecule has 2 aromatic carbocycles. The van der Waals surface area contributed by atoms with E-state index in [1.165, 1.54) is 5.01 Å². The van der Waals surface area contributed by atoms with Crippen LogP contribution in [0.2, 0.25) is 0 Å². The summed E-state index contributed by atoms with van der Waals surface area (Å²) in [6.45, 7) is 5.59. The van der Waals surface area contributed by atoms with Gasteiger partial charge in [-0.3, -0.25) is 15.0 Å². The fraction of sp³-hybridized carbons (Fsp3) is 0.464. The van der Waals surface area contributed by atoms with E-state index in [1.807, 2.05) is 42.1 Å². The number of anilines is 1. The lowest BCUT2D eigenvalue weighted by atomic mass is 9.89. The van der Waals surface area contributed by atoms with Gasteiger partial charge in [-0.15, -0.1) is 0 Å². The number of amides is 2. The zero-order valence-corrected chi connectivity index (χ0v) is 23.1. The highest BCUT2D eigenvalue weighted by Crippen LogP contribution is 2.31. The highest BCUT2D eigenvalue weighted by molar-refractivity contribution is 7.99. The minimum absolute atomic E-state index is 0.0147. The summed E-state index contributed by atoms with van der Waals surface area (Å²) in [5.74, 6) is 3.54. The number of carbonyl (C=O) groups excluding carboxylic acids is 2. The number of methoxy groups -OCH3 is 2. The van der Waals surface area contributed by atoms with Gasteiger partial charge in [0.1, 0.15) is 6.61 Å². The summed E-state index contributed by atoms with van der Waals surface area (Å²) < 4.78 is 16.2.